The lowest BCUT2D eigenvalue weighted by molar-refractivity contribution is 0.0949. The quantitative estimate of drug-likeness (QED) is 0.911. The summed E-state index contributed by atoms with van der Waals surface area (Å²) < 4.78 is 5.37. The van der Waals surface area contributed by atoms with Gasteiger partial charge in [0.2, 0.25) is 0 Å². The molecule has 132 valence electrons. The molecular formula is C19H28N2O3. The highest BCUT2D eigenvalue weighted by molar-refractivity contribution is 5.94. The molecule has 0 aromatic heterocycles. The molecule has 0 radical (unpaired) electrons. The van der Waals surface area contributed by atoms with E-state index in [4.69, 9.17) is 4.74 Å². The van der Waals surface area contributed by atoms with Gasteiger partial charge in [0, 0.05) is 25.2 Å². The Balaban J connectivity index is 1.83. The minimum absolute atomic E-state index is 0.104. The Labute approximate surface area is 144 Å². The third-order valence-electron chi connectivity index (χ3n) is 4.10. The summed E-state index contributed by atoms with van der Waals surface area (Å²) in [7, 11) is 0. The van der Waals surface area contributed by atoms with Gasteiger partial charge in [0.05, 0.1) is 0 Å². The number of ether oxygens (including phenoxy) is 1. The van der Waals surface area contributed by atoms with E-state index in [-0.39, 0.29) is 17.4 Å². The molecule has 0 spiro atoms. The third-order valence-corrected chi connectivity index (χ3v) is 4.10. The first-order valence-corrected chi connectivity index (χ1v) is 8.70. The number of rotatable bonds is 4. The van der Waals surface area contributed by atoms with Crippen molar-refractivity contribution in [1.29, 1.82) is 0 Å². The number of piperidine rings is 1. The van der Waals surface area contributed by atoms with Crippen molar-refractivity contribution in [3.8, 4) is 5.75 Å². The molecule has 1 heterocycles. The third kappa shape index (κ3) is 5.87. The zero-order valence-electron chi connectivity index (χ0n) is 14.9. The fourth-order valence-electron chi connectivity index (χ4n) is 2.57. The largest absolute Gasteiger partial charge is 0.415 e. The molecule has 0 unspecified atom stereocenters. The van der Waals surface area contributed by atoms with Crippen LogP contribution in [0, 0.1) is 5.41 Å². The predicted octanol–water partition coefficient (Wildman–Crippen LogP) is 3.84. The standard InChI is InChI=1S/C19H28N2O3/c1-19(2,3)11-12-20-17(22)15-7-9-16(10-8-15)24-18(23)21-13-5-4-6-14-21/h7-10H,4-6,11-14H2,1-3H3,(H,20,22). The van der Waals surface area contributed by atoms with Crippen LogP contribution in [0.25, 0.3) is 0 Å². The number of nitrogens with zero attached hydrogens (tertiary/aromatic N) is 1. The topological polar surface area (TPSA) is 58.6 Å². The van der Waals surface area contributed by atoms with Crippen LogP contribution in [0.5, 0.6) is 5.75 Å². The van der Waals surface area contributed by atoms with Crippen molar-refractivity contribution in [1.82, 2.24) is 10.2 Å². The number of likely N-dealkylation sites (tertiary alicyclic amines) is 1. The van der Waals surface area contributed by atoms with Crippen molar-refractivity contribution in [2.45, 2.75) is 46.5 Å². The van der Waals surface area contributed by atoms with Crippen LogP contribution in [-0.2, 0) is 0 Å². The molecule has 1 aromatic carbocycles. The average molecular weight is 332 g/mol. The summed E-state index contributed by atoms with van der Waals surface area (Å²) >= 11 is 0. The van der Waals surface area contributed by atoms with Crippen molar-refractivity contribution >= 4 is 12.0 Å². The van der Waals surface area contributed by atoms with Gasteiger partial charge in [-0.15, -0.1) is 0 Å². The smallest absolute Gasteiger partial charge is 0.410 e. The van der Waals surface area contributed by atoms with Gasteiger partial charge in [-0.05, 0) is 55.4 Å². The Hall–Kier alpha value is -2.04. The van der Waals surface area contributed by atoms with Gasteiger partial charge in [-0.2, -0.15) is 0 Å². The van der Waals surface area contributed by atoms with Crippen LogP contribution < -0.4 is 10.1 Å². The van der Waals surface area contributed by atoms with E-state index in [1.807, 2.05) is 0 Å². The van der Waals surface area contributed by atoms with Gasteiger partial charge in [0.25, 0.3) is 5.91 Å². The molecule has 1 aromatic rings. The minimum atomic E-state index is -0.308. The molecule has 2 rings (SSSR count). The summed E-state index contributed by atoms with van der Waals surface area (Å²) in [6.07, 6.45) is 3.84. The van der Waals surface area contributed by atoms with E-state index in [0.717, 1.165) is 32.4 Å². The van der Waals surface area contributed by atoms with Crippen LogP contribution in [0.1, 0.15) is 56.8 Å². The van der Waals surface area contributed by atoms with Crippen LogP contribution in [0.15, 0.2) is 24.3 Å². The van der Waals surface area contributed by atoms with Crippen molar-refractivity contribution in [3.05, 3.63) is 29.8 Å². The zero-order chi connectivity index (χ0) is 17.6. The summed E-state index contributed by atoms with van der Waals surface area (Å²) in [5.41, 5.74) is 0.765. The van der Waals surface area contributed by atoms with Gasteiger partial charge in [-0.25, -0.2) is 4.79 Å². The van der Waals surface area contributed by atoms with E-state index in [0.29, 0.717) is 17.9 Å². The zero-order valence-corrected chi connectivity index (χ0v) is 14.9. The number of hydrogen-bond acceptors (Lipinski definition) is 3. The van der Waals surface area contributed by atoms with Crippen LogP contribution in [0.2, 0.25) is 0 Å². The van der Waals surface area contributed by atoms with E-state index in [2.05, 4.69) is 26.1 Å². The number of carbonyl (C=O) groups excluding carboxylic acids is 2. The molecule has 5 heteroatoms. The number of nitrogens with one attached hydrogen (secondary N) is 1. The fourth-order valence-corrected chi connectivity index (χ4v) is 2.57. The molecular weight excluding hydrogens is 304 g/mol. The van der Waals surface area contributed by atoms with Gasteiger partial charge >= 0.3 is 6.09 Å². The summed E-state index contributed by atoms with van der Waals surface area (Å²) in [4.78, 5) is 25.9. The van der Waals surface area contributed by atoms with E-state index in [9.17, 15) is 9.59 Å². The summed E-state index contributed by atoms with van der Waals surface area (Å²) in [6, 6.07) is 6.71. The molecule has 1 aliphatic heterocycles. The maximum Gasteiger partial charge on any atom is 0.415 e. The molecule has 1 aliphatic rings. The first kappa shape index (κ1) is 18.3. The van der Waals surface area contributed by atoms with Gasteiger partial charge in [0.1, 0.15) is 5.75 Å². The number of carbonyl (C=O) groups is 2. The molecule has 1 saturated heterocycles. The maximum absolute atomic E-state index is 12.1. The Morgan fingerprint density at radius 3 is 2.29 bits per heavy atom. The Bertz CT molecular complexity index is 555. The molecule has 1 fully saturated rings. The highest BCUT2D eigenvalue weighted by Crippen LogP contribution is 2.18. The lowest BCUT2D eigenvalue weighted by atomic mass is 9.92. The molecule has 0 saturated carbocycles. The Kier molecular flexibility index (Phi) is 6.23. The van der Waals surface area contributed by atoms with Crippen LogP contribution in [-0.4, -0.2) is 36.5 Å². The Morgan fingerprint density at radius 2 is 1.71 bits per heavy atom. The second-order valence-corrected chi connectivity index (χ2v) is 7.51. The van der Waals surface area contributed by atoms with Crippen molar-refractivity contribution < 1.29 is 14.3 Å². The molecule has 1 N–H and O–H groups in total. The first-order chi connectivity index (χ1) is 11.3. The van der Waals surface area contributed by atoms with E-state index in [1.54, 1.807) is 29.2 Å². The molecule has 2 amide bonds. The summed E-state index contributed by atoms with van der Waals surface area (Å²) in [5.74, 6) is 0.366. The Morgan fingerprint density at radius 1 is 1.08 bits per heavy atom. The SMILES string of the molecule is CC(C)(C)CCNC(=O)c1ccc(OC(=O)N2CCCCC2)cc1. The normalized spacial score (nSPS) is 15.0. The second-order valence-electron chi connectivity index (χ2n) is 7.51. The van der Waals surface area contributed by atoms with Crippen LogP contribution >= 0.6 is 0 Å². The summed E-state index contributed by atoms with van der Waals surface area (Å²) in [5, 5.41) is 2.91. The van der Waals surface area contributed by atoms with Gasteiger partial charge in [0.15, 0.2) is 0 Å². The number of benzene rings is 1. The predicted molar refractivity (Wildman–Crippen MR) is 94.3 cm³/mol. The summed E-state index contributed by atoms with van der Waals surface area (Å²) in [6.45, 7) is 8.59. The number of amides is 2. The average Bonchev–Trinajstić information content (AvgIpc) is 2.55. The van der Waals surface area contributed by atoms with Gasteiger partial charge < -0.3 is 15.0 Å². The lowest BCUT2D eigenvalue weighted by Crippen LogP contribution is -2.37. The van der Waals surface area contributed by atoms with Crippen LogP contribution in [0.3, 0.4) is 0 Å². The van der Waals surface area contributed by atoms with E-state index >= 15 is 0 Å². The fraction of sp³-hybridized carbons (Fsp3) is 0.579. The van der Waals surface area contributed by atoms with Crippen molar-refractivity contribution in [2.24, 2.45) is 5.41 Å². The first-order valence-electron chi connectivity index (χ1n) is 8.70. The molecule has 24 heavy (non-hydrogen) atoms. The van der Waals surface area contributed by atoms with Crippen LogP contribution in [0.4, 0.5) is 4.79 Å². The van der Waals surface area contributed by atoms with E-state index < -0.39 is 0 Å². The van der Waals surface area contributed by atoms with Crippen molar-refractivity contribution in [2.75, 3.05) is 19.6 Å². The maximum atomic E-state index is 12.1. The molecule has 5 nitrogen and oxygen atoms in total. The second kappa shape index (κ2) is 8.18. The van der Waals surface area contributed by atoms with E-state index in [1.165, 1.54) is 6.42 Å². The van der Waals surface area contributed by atoms with Gasteiger partial charge in [-0.3, -0.25) is 4.79 Å². The molecule has 0 bridgehead atoms. The number of hydrogen-bond donors (Lipinski definition) is 1. The molecule has 0 atom stereocenters. The highest BCUT2D eigenvalue weighted by Gasteiger charge is 2.18. The minimum Gasteiger partial charge on any atom is -0.410 e. The van der Waals surface area contributed by atoms with Crippen molar-refractivity contribution in [3.63, 3.8) is 0 Å². The van der Waals surface area contributed by atoms with Gasteiger partial charge in [-0.1, -0.05) is 20.8 Å². The monoisotopic (exact) mass is 332 g/mol. The molecule has 0 aliphatic carbocycles. The lowest BCUT2D eigenvalue weighted by Gasteiger charge is -2.25. The highest BCUT2D eigenvalue weighted by atomic mass is 16.6.